The minimum atomic E-state index is -5.09. The molecule has 1 aliphatic rings. The van der Waals surface area contributed by atoms with Crippen LogP contribution in [0.25, 0.3) is 0 Å². The highest BCUT2D eigenvalue weighted by molar-refractivity contribution is 6.16. The first-order valence-corrected chi connectivity index (χ1v) is 9.67. The summed E-state index contributed by atoms with van der Waals surface area (Å²) in [7, 11) is 0. The van der Waals surface area contributed by atoms with Gasteiger partial charge in [-0.2, -0.15) is 13.2 Å². The van der Waals surface area contributed by atoms with Gasteiger partial charge < -0.3 is 5.32 Å². The summed E-state index contributed by atoms with van der Waals surface area (Å²) in [5.74, 6) is -2.27. The van der Waals surface area contributed by atoms with Crippen LogP contribution in [-0.4, -0.2) is 40.9 Å². The Morgan fingerprint density at radius 1 is 1.07 bits per heavy atom. The molecule has 1 aliphatic heterocycles. The van der Waals surface area contributed by atoms with Gasteiger partial charge in [-0.05, 0) is 18.4 Å². The maximum Gasteiger partial charge on any atom is 0.442 e. The molecule has 0 radical (unpaired) electrons. The summed E-state index contributed by atoms with van der Waals surface area (Å²) in [5.41, 5.74) is -2.08. The smallest absolute Gasteiger partial charge is 0.316 e. The Bertz CT molecular complexity index is 930. The van der Waals surface area contributed by atoms with Gasteiger partial charge in [0.2, 0.25) is 5.91 Å². The second kappa shape index (κ2) is 8.69. The monoisotopic (exact) mass is 417 g/mol. The molecule has 0 spiro atoms. The van der Waals surface area contributed by atoms with E-state index in [9.17, 15) is 22.8 Å². The van der Waals surface area contributed by atoms with E-state index >= 15 is 0 Å². The zero-order valence-corrected chi connectivity index (χ0v) is 16.4. The predicted octanol–water partition coefficient (Wildman–Crippen LogP) is 3.69. The number of hydrogen-bond acceptors (Lipinski definition) is 3. The standard InChI is InChI=1S/C22H22F3N3O2/c1-2-9-18(29)26-21(22(23,24)25)20(30)28(15-14-16-10-5-3-6-11-16)19(27-21)17-12-7-4-8-13-17/h3-8,10-13H,2,9,14-15H2,1H3,(H,26,29)/t21-/m0/s1. The summed E-state index contributed by atoms with van der Waals surface area (Å²) in [5, 5.41) is 1.87. The summed E-state index contributed by atoms with van der Waals surface area (Å²) < 4.78 is 42.4. The number of aliphatic imine (C=N–C) groups is 1. The molecule has 2 amide bonds. The van der Waals surface area contributed by atoms with Crippen molar-refractivity contribution >= 4 is 17.6 Å². The highest BCUT2D eigenvalue weighted by Gasteiger charge is 2.67. The molecule has 1 N–H and O–H groups in total. The molecule has 3 rings (SSSR count). The van der Waals surface area contributed by atoms with Crippen LogP contribution in [-0.2, 0) is 16.0 Å². The van der Waals surface area contributed by atoms with Gasteiger partial charge in [0.05, 0.1) is 0 Å². The number of nitrogens with one attached hydrogen (secondary N) is 1. The van der Waals surface area contributed by atoms with E-state index in [1.807, 2.05) is 35.6 Å². The lowest BCUT2D eigenvalue weighted by Gasteiger charge is -2.29. The van der Waals surface area contributed by atoms with Crippen LogP contribution >= 0.6 is 0 Å². The maximum absolute atomic E-state index is 14.1. The number of nitrogens with zero attached hydrogens (tertiary/aromatic N) is 2. The van der Waals surface area contributed by atoms with E-state index < -0.39 is 23.7 Å². The lowest BCUT2D eigenvalue weighted by molar-refractivity contribution is -0.200. The lowest BCUT2D eigenvalue weighted by atomic mass is 10.1. The molecular weight excluding hydrogens is 395 g/mol. The molecule has 0 fully saturated rings. The van der Waals surface area contributed by atoms with Crippen LogP contribution in [0.2, 0.25) is 0 Å². The van der Waals surface area contributed by atoms with Crippen LogP contribution in [0.5, 0.6) is 0 Å². The maximum atomic E-state index is 14.1. The van der Waals surface area contributed by atoms with Crippen LogP contribution in [0.1, 0.15) is 30.9 Å². The van der Waals surface area contributed by atoms with Gasteiger partial charge in [-0.25, -0.2) is 4.99 Å². The predicted molar refractivity (Wildman–Crippen MR) is 107 cm³/mol. The minimum absolute atomic E-state index is 0.00193. The topological polar surface area (TPSA) is 61.8 Å². The molecule has 5 nitrogen and oxygen atoms in total. The van der Waals surface area contributed by atoms with Gasteiger partial charge in [-0.3, -0.25) is 14.5 Å². The molecule has 0 aliphatic carbocycles. The number of rotatable bonds is 7. The summed E-state index contributed by atoms with van der Waals surface area (Å²) in [6.45, 7) is 1.67. The second-order valence-electron chi connectivity index (χ2n) is 7.00. The first-order chi connectivity index (χ1) is 14.3. The van der Waals surface area contributed by atoms with Gasteiger partial charge in [0.1, 0.15) is 5.84 Å². The molecule has 0 saturated heterocycles. The summed E-state index contributed by atoms with van der Waals surface area (Å²) in [6, 6.07) is 17.3. The van der Waals surface area contributed by atoms with Crippen LogP contribution in [0.3, 0.4) is 0 Å². The van der Waals surface area contributed by atoms with Gasteiger partial charge in [0.15, 0.2) is 0 Å². The van der Waals surface area contributed by atoms with Crippen molar-refractivity contribution in [2.75, 3.05) is 6.54 Å². The number of carbonyl (C=O) groups is 2. The summed E-state index contributed by atoms with van der Waals surface area (Å²) >= 11 is 0. The van der Waals surface area contributed by atoms with E-state index in [2.05, 4.69) is 4.99 Å². The number of alkyl halides is 3. The number of benzene rings is 2. The van der Waals surface area contributed by atoms with Crippen molar-refractivity contribution in [3.05, 3.63) is 71.8 Å². The van der Waals surface area contributed by atoms with Gasteiger partial charge in [-0.1, -0.05) is 67.6 Å². The molecule has 1 heterocycles. The average molecular weight is 417 g/mol. The summed E-state index contributed by atoms with van der Waals surface area (Å²) in [4.78, 5) is 30.0. The fourth-order valence-electron chi connectivity index (χ4n) is 3.29. The van der Waals surface area contributed by atoms with Crippen molar-refractivity contribution in [1.82, 2.24) is 10.2 Å². The van der Waals surface area contributed by atoms with E-state index in [-0.39, 0.29) is 18.8 Å². The van der Waals surface area contributed by atoms with E-state index in [1.54, 1.807) is 37.3 Å². The number of hydrogen-bond donors (Lipinski definition) is 1. The second-order valence-corrected chi connectivity index (χ2v) is 7.00. The third-order valence-electron chi connectivity index (χ3n) is 4.79. The fourth-order valence-corrected chi connectivity index (χ4v) is 3.29. The van der Waals surface area contributed by atoms with Crippen LogP contribution in [0.15, 0.2) is 65.7 Å². The van der Waals surface area contributed by atoms with Gasteiger partial charge in [0.25, 0.3) is 5.91 Å². The Morgan fingerprint density at radius 2 is 1.67 bits per heavy atom. The third-order valence-corrected chi connectivity index (χ3v) is 4.79. The number of carbonyl (C=O) groups excluding carboxylic acids is 2. The first kappa shape index (κ1) is 21.5. The molecule has 30 heavy (non-hydrogen) atoms. The minimum Gasteiger partial charge on any atom is -0.316 e. The Balaban J connectivity index is 2.02. The van der Waals surface area contributed by atoms with Gasteiger partial charge in [-0.15, -0.1) is 0 Å². The van der Waals surface area contributed by atoms with Crippen molar-refractivity contribution in [3.63, 3.8) is 0 Å². The van der Waals surface area contributed by atoms with Crippen LogP contribution in [0.4, 0.5) is 13.2 Å². The molecule has 0 saturated carbocycles. The molecule has 1 atom stereocenters. The van der Waals surface area contributed by atoms with Crippen molar-refractivity contribution in [3.8, 4) is 0 Å². The number of amidine groups is 1. The van der Waals surface area contributed by atoms with E-state index in [1.165, 1.54) is 0 Å². The molecule has 0 aromatic heterocycles. The number of halogens is 3. The molecule has 2 aromatic rings. The molecule has 2 aromatic carbocycles. The molecular formula is C22H22F3N3O2. The van der Waals surface area contributed by atoms with Crippen LogP contribution < -0.4 is 5.32 Å². The van der Waals surface area contributed by atoms with Crippen molar-refractivity contribution in [2.45, 2.75) is 38.0 Å². The van der Waals surface area contributed by atoms with Crippen molar-refractivity contribution in [2.24, 2.45) is 4.99 Å². The van der Waals surface area contributed by atoms with E-state index in [0.717, 1.165) is 10.5 Å². The lowest BCUT2D eigenvalue weighted by Crippen LogP contribution is -2.63. The average Bonchev–Trinajstić information content (AvgIpc) is 3.01. The van der Waals surface area contributed by atoms with Crippen molar-refractivity contribution < 1.29 is 22.8 Å². The number of amides is 2. The molecule has 0 unspecified atom stereocenters. The Kier molecular flexibility index (Phi) is 6.24. The zero-order chi connectivity index (χ0) is 21.8. The fraction of sp³-hybridized carbons (Fsp3) is 0.318. The normalized spacial score (nSPS) is 19.0. The van der Waals surface area contributed by atoms with E-state index in [0.29, 0.717) is 18.4 Å². The Hall–Kier alpha value is -3.16. The molecule has 0 bridgehead atoms. The Morgan fingerprint density at radius 3 is 2.23 bits per heavy atom. The van der Waals surface area contributed by atoms with Crippen molar-refractivity contribution in [1.29, 1.82) is 0 Å². The van der Waals surface area contributed by atoms with E-state index in [4.69, 9.17) is 0 Å². The quantitative estimate of drug-likeness (QED) is 0.747. The largest absolute Gasteiger partial charge is 0.442 e. The highest BCUT2D eigenvalue weighted by Crippen LogP contribution is 2.38. The third kappa shape index (κ3) is 4.22. The molecule has 8 heteroatoms. The zero-order valence-electron chi connectivity index (χ0n) is 16.4. The first-order valence-electron chi connectivity index (χ1n) is 9.67. The van der Waals surface area contributed by atoms with Crippen LogP contribution in [0, 0.1) is 0 Å². The SMILES string of the molecule is CCCC(=O)N[C@]1(C(F)(F)F)N=C(c2ccccc2)N(CCc2ccccc2)C1=O. The highest BCUT2D eigenvalue weighted by atomic mass is 19.4. The molecule has 158 valence electrons. The van der Waals surface area contributed by atoms with Gasteiger partial charge in [0, 0.05) is 18.5 Å². The summed E-state index contributed by atoms with van der Waals surface area (Å²) in [6.07, 6.45) is -4.53. The van der Waals surface area contributed by atoms with Gasteiger partial charge >= 0.3 is 11.8 Å². The Labute approximate surface area is 172 Å².